The number of aryl methyl sites for hydroxylation is 2. The van der Waals surface area contributed by atoms with Crippen LogP contribution in [0.5, 0.6) is 0 Å². The largest absolute Gasteiger partial charge is 0.406 e. The van der Waals surface area contributed by atoms with Gasteiger partial charge in [0.05, 0.1) is 0 Å². The molecule has 0 N–H and O–H groups in total. The predicted molar refractivity (Wildman–Crippen MR) is 75.9 cm³/mol. The zero-order chi connectivity index (χ0) is 15.2. The predicted octanol–water partition coefficient (Wildman–Crippen LogP) is 3.71. The van der Waals surface area contributed by atoms with Gasteiger partial charge in [-0.25, -0.2) is 0 Å². The highest BCUT2D eigenvalue weighted by Crippen LogP contribution is 2.17. The van der Waals surface area contributed by atoms with E-state index in [9.17, 15) is 18.0 Å². The Labute approximate surface area is 125 Å². The molecule has 0 saturated carbocycles. The molecule has 0 aliphatic carbocycles. The number of alkyl halides is 4. The van der Waals surface area contributed by atoms with Gasteiger partial charge in [0, 0.05) is 18.3 Å². The monoisotopic (exact) mass is 351 g/mol. The van der Waals surface area contributed by atoms with Crippen molar-refractivity contribution in [2.45, 2.75) is 25.9 Å². The van der Waals surface area contributed by atoms with Crippen LogP contribution < -0.4 is 0 Å². The van der Waals surface area contributed by atoms with Gasteiger partial charge in [-0.3, -0.25) is 4.79 Å². The van der Waals surface area contributed by atoms with Gasteiger partial charge in [0.15, 0.2) is 0 Å². The molecule has 0 aromatic heterocycles. The van der Waals surface area contributed by atoms with Crippen LogP contribution in [0.1, 0.15) is 17.5 Å². The third-order valence-electron chi connectivity index (χ3n) is 2.83. The van der Waals surface area contributed by atoms with Gasteiger partial charge in [0.25, 0.3) is 0 Å². The molecule has 0 bridgehead atoms. The second-order valence-corrected chi connectivity index (χ2v) is 5.40. The van der Waals surface area contributed by atoms with Gasteiger partial charge >= 0.3 is 6.18 Å². The molecule has 0 spiro atoms. The lowest BCUT2D eigenvalue weighted by Crippen LogP contribution is -2.40. The molecule has 1 amide bonds. The smallest absolute Gasteiger partial charge is 0.333 e. The Morgan fingerprint density at radius 2 is 1.85 bits per heavy atom. The minimum absolute atomic E-state index is 0.0617. The van der Waals surface area contributed by atoms with Crippen molar-refractivity contribution >= 4 is 21.8 Å². The lowest BCUT2D eigenvalue weighted by molar-refractivity contribution is -0.160. The molecule has 0 radical (unpaired) electrons. The Balaban J connectivity index is 2.55. The van der Waals surface area contributed by atoms with E-state index in [0.29, 0.717) is 11.8 Å². The van der Waals surface area contributed by atoms with Crippen molar-refractivity contribution in [3.63, 3.8) is 0 Å². The maximum Gasteiger partial charge on any atom is 0.406 e. The molecule has 1 rings (SSSR count). The van der Waals surface area contributed by atoms with E-state index >= 15 is 0 Å². The molecule has 20 heavy (non-hydrogen) atoms. The second-order valence-electron chi connectivity index (χ2n) is 4.61. The highest BCUT2D eigenvalue weighted by atomic mass is 79.9. The number of halogens is 4. The fraction of sp³-hybridized carbons (Fsp3) is 0.500. The van der Waals surface area contributed by atoms with Gasteiger partial charge in [0.1, 0.15) is 6.54 Å². The molecule has 0 heterocycles. The topological polar surface area (TPSA) is 20.3 Å². The maximum atomic E-state index is 12.4. The van der Waals surface area contributed by atoms with Crippen molar-refractivity contribution < 1.29 is 18.0 Å². The van der Waals surface area contributed by atoms with Crippen molar-refractivity contribution in [2.24, 2.45) is 0 Å². The Morgan fingerprint density at radius 3 is 2.35 bits per heavy atom. The lowest BCUT2D eigenvalue weighted by Gasteiger charge is -2.23. The molecular weight excluding hydrogens is 335 g/mol. The summed E-state index contributed by atoms with van der Waals surface area (Å²) in [7, 11) is 0. The molecule has 1 aromatic carbocycles. The number of carbonyl (C=O) groups excluding carboxylic acids is 1. The summed E-state index contributed by atoms with van der Waals surface area (Å²) in [5, 5.41) is 0.333. The molecule has 0 saturated heterocycles. The third kappa shape index (κ3) is 6.41. The molecule has 0 unspecified atom stereocenters. The summed E-state index contributed by atoms with van der Waals surface area (Å²) in [6.07, 6.45) is -3.82. The van der Waals surface area contributed by atoms with E-state index in [4.69, 9.17) is 0 Å². The standard InChI is InChI=1S/C14H17BrF3NO/c1-11-2-4-12(5-3-11)6-7-13(20)19(9-8-15)10-14(16,17)18/h2-5H,6-10H2,1H3. The Bertz CT molecular complexity index is 431. The van der Waals surface area contributed by atoms with Gasteiger partial charge in [0.2, 0.25) is 5.91 Å². The maximum absolute atomic E-state index is 12.4. The van der Waals surface area contributed by atoms with Crippen LogP contribution >= 0.6 is 15.9 Å². The first-order valence-corrected chi connectivity index (χ1v) is 7.40. The normalized spacial score (nSPS) is 11.4. The van der Waals surface area contributed by atoms with E-state index in [1.54, 1.807) is 0 Å². The number of hydrogen-bond donors (Lipinski definition) is 0. The number of benzene rings is 1. The fourth-order valence-electron chi connectivity index (χ4n) is 1.77. The lowest BCUT2D eigenvalue weighted by atomic mass is 10.1. The van der Waals surface area contributed by atoms with E-state index in [-0.39, 0.29) is 13.0 Å². The summed E-state index contributed by atoms with van der Waals surface area (Å²) < 4.78 is 37.2. The molecule has 0 aliphatic rings. The first-order chi connectivity index (χ1) is 9.31. The number of carbonyl (C=O) groups is 1. The summed E-state index contributed by atoms with van der Waals surface area (Å²) in [6.45, 7) is 0.827. The van der Waals surface area contributed by atoms with Crippen LogP contribution in [0.2, 0.25) is 0 Å². The van der Waals surface area contributed by atoms with Gasteiger partial charge in [-0.05, 0) is 18.9 Å². The van der Waals surface area contributed by atoms with Gasteiger partial charge in [-0.15, -0.1) is 0 Å². The molecule has 0 atom stereocenters. The van der Waals surface area contributed by atoms with Crippen molar-refractivity contribution in [2.75, 3.05) is 18.4 Å². The van der Waals surface area contributed by atoms with Crippen molar-refractivity contribution in [1.29, 1.82) is 0 Å². The average molecular weight is 352 g/mol. The summed E-state index contributed by atoms with van der Waals surface area (Å²) >= 11 is 3.07. The van der Waals surface area contributed by atoms with Crippen molar-refractivity contribution in [1.82, 2.24) is 4.90 Å². The Morgan fingerprint density at radius 1 is 1.25 bits per heavy atom. The fourth-order valence-corrected chi connectivity index (χ4v) is 2.20. The van der Waals surface area contributed by atoms with Crippen LogP contribution in [0.15, 0.2) is 24.3 Å². The molecule has 0 fully saturated rings. The summed E-state index contributed by atoms with van der Waals surface area (Å²) in [5.74, 6) is -0.470. The molecule has 1 aromatic rings. The number of nitrogens with zero attached hydrogens (tertiary/aromatic N) is 1. The highest BCUT2D eigenvalue weighted by Gasteiger charge is 2.32. The molecule has 2 nitrogen and oxygen atoms in total. The van der Waals surface area contributed by atoms with Crippen LogP contribution in [0.4, 0.5) is 13.2 Å². The SMILES string of the molecule is Cc1ccc(CCC(=O)N(CCBr)CC(F)(F)F)cc1. The van der Waals surface area contributed by atoms with Crippen molar-refractivity contribution in [3.05, 3.63) is 35.4 Å². The molecular formula is C14H17BrF3NO. The van der Waals surface area contributed by atoms with Gasteiger partial charge in [-0.1, -0.05) is 45.8 Å². The van der Waals surface area contributed by atoms with Crippen LogP contribution in [0.3, 0.4) is 0 Å². The zero-order valence-electron chi connectivity index (χ0n) is 11.2. The zero-order valence-corrected chi connectivity index (χ0v) is 12.8. The minimum Gasteiger partial charge on any atom is -0.333 e. The summed E-state index contributed by atoms with van der Waals surface area (Å²) in [4.78, 5) is 12.7. The Hall–Kier alpha value is -1.04. The molecule has 0 aliphatic heterocycles. The quantitative estimate of drug-likeness (QED) is 0.715. The highest BCUT2D eigenvalue weighted by molar-refractivity contribution is 9.09. The third-order valence-corrected chi connectivity index (χ3v) is 3.18. The summed E-state index contributed by atoms with van der Waals surface area (Å²) in [6, 6.07) is 7.62. The van der Waals surface area contributed by atoms with Crippen LogP contribution in [0.25, 0.3) is 0 Å². The van der Waals surface area contributed by atoms with Crippen LogP contribution in [0, 0.1) is 6.92 Å². The van der Waals surface area contributed by atoms with E-state index in [2.05, 4.69) is 15.9 Å². The first-order valence-electron chi connectivity index (χ1n) is 6.28. The van der Waals surface area contributed by atoms with Gasteiger partial charge < -0.3 is 4.90 Å². The van der Waals surface area contributed by atoms with E-state index in [1.807, 2.05) is 31.2 Å². The van der Waals surface area contributed by atoms with E-state index in [0.717, 1.165) is 16.0 Å². The summed E-state index contributed by atoms with van der Waals surface area (Å²) in [5.41, 5.74) is 2.06. The van der Waals surface area contributed by atoms with E-state index < -0.39 is 18.6 Å². The molecule has 112 valence electrons. The molecule has 6 heteroatoms. The number of hydrogen-bond acceptors (Lipinski definition) is 1. The number of rotatable bonds is 6. The van der Waals surface area contributed by atoms with Crippen LogP contribution in [-0.4, -0.2) is 35.4 Å². The van der Waals surface area contributed by atoms with Crippen molar-refractivity contribution in [3.8, 4) is 0 Å². The first kappa shape index (κ1) is 17.0. The van der Waals surface area contributed by atoms with Crippen LogP contribution in [-0.2, 0) is 11.2 Å². The second kappa shape index (κ2) is 7.67. The van der Waals surface area contributed by atoms with E-state index in [1.165, 1.54) is 0 Å². The number of amides is 1. The minimum atomic E-state index is -4.36. The Kier molecular flexibility index (Phi) is 6.52. The average Bonchev–Trinajstić information content (AvgIpc) is 2.35. The van der Waals surface area contributed by atoms with Gasteiger partial charge in [-0.2, -0.15) is 13.2 Å².